The quantitative estimate of drug-likeness (QED) is 0.494. The van der Waals surface area contributed by atoms with Crippen LogP contribution in [0, 0.1) is 6.42 Å². The predicted octanol–water partition coefficient (Wildman–Crippen LogP) is 2.34. The minimum absolute atomic E-state index is 2.00. The molecule has 0 nitrogen and oxygen atoms in total. The van der Waals surface area contributed by atoms with Crippen LogP contribution in [0.2, 0.25) is 0 Å². The zero-order valence-electron chi connectivity index (χ0n) is 4.89. The molecular weight excluding hydrogens is 84.1 g/mol. The molecule has 0 aromatic rings. The Bertz CT molecular complexity index is 58.1. The number of hydrogen-bond donors (Lipinski definition) is 0. The molecule has 0 aromatic carbocycles. The van der Waals surface area contributed by atoms with Gasteiger partial charge in [0.1, 0.15) is 0 Å². The Morgan fingerprint density at radius 1 is 0.857 bits per heavy atom. The molecule has 0 amide bonds. The summed E-state index contributed by atoms with van der Waals surface area (Å²) >= 11 is 0. The summed E-state index contributed by atoms with van der Waals surface area (Å²) in [6.45, 7) is 4.00. The van der Waals surface area contributed by atoms with Crippen LogP contribution in [0.4, 0.5) is 0 Å². The maximum absolute atomic E-state index is 2.00. The molecule has 0 heterocycles. The molecule has 0 heteroatoms. The fraction of sp³-hybridized carbons (Fsp3) is 0.286. The Balaban J connectivity index is 2.98. The molecule has 0 aliphatic heterocycles. The lowest BCUT2D eigenvalue weighted by atomic mass is 10.3. The standard InChI is InChI=1S/C7H11/c1-3-5-7-6-4-2/h3-7H,1-2H3/b5-3+,6-4+. The minimum Gasteiger partial charge on any atom is -0.0910 e. The van der Waals surface area contributed by atoms with Crippen LogP contribution in [-0.4, -0.2) is 0 Å². The number of hydrogen-bond acceptors (Lipinski definition) is 0. The maximum atomic E-state index is 2.00. The second kappa shape index (κ2) is 5.48. The average molecular weight is 95.2 g/mol. The molecule has 39 valence electrons. The Hall–Kier alpha value is -0.520. The molecule has 0 aliphatic carbocycles. The highest BCUT2D eigenvalue weighted by Crippen LogP contribution is 1.80. The molecule has 0 saturated carbocycles. The Morgan fingerprint density at radius 2 is 1.29 bits per heavy atom. The lowest BCUT2D eigenvalue weighted by molar-refractivity contribution is 1.62. The van der Waals surface area contributed by atoms with Crippen molar-refractivity contribution in [2.75, 3.05) is 0 Å². The SMILES string of the molecule is C/C=C/[CH]/C=C/C. The van der Waals surface area contributed by atoms with Gasteiger partial charge in [-0.2, -0.15) is 0 Å². The van der Waals surface area contributed by atoms with Gasteiger partial charge in [0, 0.05) is 6.42 Å². The predicted molar refractivity (Wildman–Crippen MR) is 33.9 cm³/mol. The average Bonchev–Trinajstić information content (AvgIpc) is 1.69. The van der Waals surface area contributed by atoms with Crippen LogP contribution in [0.15, 0.2) is 24.3 Å². The van der Waals surface area contributed by atoms with E-state index >= 15 is 0 Å². The maximum Gasteiger partial charge on any atom is 0.00439 e. The summed E-state index contributed by atoms with van der Waals surface area (Å²) in [5, 5.41) is 0. The van der Waals surface area contributed by atoms with E-state index in [4.69, 9.17) is 0 Å². The zero-order chi connectivity index (χ0) is 5.54. The van der Waals surface area contributed by atoms with Crippen LogP contribution >= 0.6 is 0 Å². The van der Waals surface area contributed by atoms with Gasteiger partial charge >= 0.3 is 0 Å². The highest BCUT2D eigenvalue weighted by Gasteiger charge is 1.62. The van der Waals surface area contributed by atoms with Gasteiger partial charge in [-0.25, -0.2) is 0 Å². The largest absolute Gasteiger partial charge is 0.0910 e. The topological polar surface area (TPSA) is 0 Å². The molecule has 0 aromatic heterocycles. The van der Waals surface area contributed by atoms with Gasteiger partial charge in [-0.15, -0.1) is 0 Å². The fourth-order valence-electron chi connectivity index (χ4n) is 0.286. The van der Waals surface area contributed by atoms with Crippen LogP contribution in [0.25, 0.3) is 0 Å². The highest BCUT2D eigenvalue weighted by molar-refractivity contribution is 5.06. The van der Waals surface area contributed by atoms with Crippen LogP contribution in [0.5, 0.6) is 0 Å². The molecule has 0 spiro atoms. The number of rotatable bonds is 2. The molecule has 0 N–H and O–H groups in total. The zero-order valence-corrected chi connectivity index (χ0v) is 4.89. The Labute approximate surface area is 45.5 Å². The molecule has 0 fully saturated rings. The third kappa shape index (κ3) is 5.48. The first-order valence-electron chi connectivity index (χ1n) is 2.49. The van der Waals surface area contributed by atoms with E-state index in [9.17, 15) is 0 Å². The molecule has 0 rings (SSSR count). The van der Waals surface area contributed by atoms with Crippen molar-refractivity contribution in [2.45, 2.75) is 13.8 Å². The van der Waals surface area contributed by atoms with Gasteiger partial charge in [-0.1, -0.05) is 24.3 Å². The van der Waals surface area contributed by atoms with Crippen LogP contribution in [0.1, 0.15) is 13.8 Å². The normalized spacial score (nSPS) is 11.7. The molecule has 0 saturated heterocycles. The van der Waals surface area contributed by atoms with E-state index in [0.717, 1.165) is 0 Å². The first-order chi connectivity index (χ1) is 3.41. The third-order valence-corrected chi connectivity index (χ3v) is 0.607. The summed E-state index contributed by atoms with van der Waals surface area (Å²) in [6.07, 6.45) is 10.0. The number of allylic oxidation sites excluding steroid dienone is 4. The van der Waals surface area contributed by atoms with Crippen molar-refractivity contribution >= 4 is 0 Å². The van der Waals surface area contributed by atoms with Crippen LogP contribution in [0.3, 0.4) is 0 Å². The third-order valence-electron chi connectivity index (χ3n) is 0.607. The van der Waals surface area contributed by atoms with E-state index in [0.29, 0.717) is 0 Å². The van der Waals surface area contributed by atoms with Crippen molar-refractivity contribution < 1.29 is 0 Å². The summed E-state index contributed by atoms with van der Waals surface area (Å²) < 4.78 is 0. The molecule has 1 radical (unpaired) electrons. The summed E-state index contributed by atoms with van der Waals surface area (Å²) in [7, 11) is 0. The van der Waals surface area contributed by atoms with Crippen LogP contribution < -0.4 is 0 Å². The van der Waals surface area contributed by atoms with Gasteiger partial charge in [0.15, 0.2) is 0 Å². The second-order valence-electron chi connectivity index (χ2n) is 1.24. The Morgan fingerprint density at radius 3 is 1.57 bits per heavy atom. The van der Waals surface area contributed by atoms with E-state index in [1.165, 1.54) is 0 Å². The van der Waals surface area contributed by atoms with Gasteiger partial charge in [-0.3, -0.25) is 0 Å². The smallest absolute Gasteiger partial charge is 0.00439 e. The summed E-state index contributed by atoms with van der Waals surface area (Å²) in [5.41, 5.74) is 0. The van der Waals surface area contributed by atoms with Crippen molar-refractivity contribution in [3.05, 3.63) is 30.7 Å². The summed E-state index contributed by atoms with van der Waals surface area (Å²) in [6, 6.07) is 0. The molecule has 0 unspecified atom stereocenters. The van der Waals surface area contributed by atoms with E-state index in [2.05, 4.69) is 0 Å². The Kier molecular flexibility index (Phi) is 5.07. The van der Waals surface area contributed by atoms with Gasteiger partial charge in [0.2, 0.25) is 0 Å². The van der Waals surface area contributed by atoms with Crippen molar-refractivity contribution in [2.24, 2.45) is 0 Å². The molecular formula is C7H11. The molecule has 7 heavy (non-hydrogen) atoms. The van der Waals surface area contributed by atoms with Crippen molar-refractivity contribution in [3.8, 4) is 0 Å². The monoisotopic (exact) mass is 95.1 g/mol. The first-order valence-corrected chi connectivity index (χ1v) is 2.49. The first kappa shape index (κ1) is 6.48. The summed E-state index contributed by atoms with van der Waals surface area (Å²) in [4.78, 5) is 0. The van der Waals surface area contributed by atoms with E-state index < -0.39 is 0 Å². The highest BCUT2D eigenvalue weighted by atomic mass is 13.7. The minimum atomic E-state index is 2.00. The van der Waals surface area contributed by atoms with Gasteiger partial charge in [0.25, 0.3) is 0 Å². The molecule has 0 aliphatic rings. The van der Waals surface area contributed by atoms with Crippen molar-refractivity contribution in [1.82, 2.24) is 0 Å². The van der Waals surface area contributed by atoms with E-state index in [1.807, 2.05) is 44.6 Å². The van der Waals surface area contributed by atoms with Gasteiger partial charge in [-0.05, 0) is 13.8 Å². The lowest BCUT2D eigenvalue weighted by Gasteiger charge is -1.72. The van der Waals surface area contributed by atoms with Gasteiger partial charge < -0.3 is 0 Å². The van der Waals surface area contributed by atoms with E-state index in [1.54, 1.807) is 0 Å². The second-order valence-corrected chi connectivity index (χ2v) is 1.24. The van der Waals surface area contributed by atoms with E-state index in [-0.39, 0.29) is 0 Å². The van der Waals surface area contributed by atoms with Gasteiger partial charge in [0.05, 0.1) is 0 Å². The molecule has 0 bridgehead atoms. The molecule has 0 atom stereocenters. The van der Waals surface area contributed by atoms with Crippen molar-refractivity contribution in [3.63, 3.8) is 0 Å². The van der Waals surface area contributed by atoms with Crippen molar-refractivity contribution in [1.29, 1.82) is 0 Å². The lowest BCUT2D eigenvalue weighted by Crippen LogP contribution is -1.54. The van der Waals surface area contributed by atoms with Crippen LogP contribution in [-0.2, 0) is 0 Å². The summed E-state index contributed by atoms with van der Waals surface area (Å²) in [5.74, 6) is 0. The fourth-order valence-corrected chi connectivity index (χ4v) is 0.286.